The zero-order chi connectivity index (χ0) is 22.7. The Morgan fingerprint density at radius 1 is 1.09 bits per heavy atom. The molecule has 0 spiro atoms. The summed E-state index contributed by atoms with van der Waals surface area (Å²) < 4.78 is 12.0. The molecule has 4 aromatic rings. The van der Waals surface area contributed by atoms with Crippen LogP contribution in [0.15, 0.2) is 70.6 Å². The van der Waals surface area contributed by atoms with E-state index in [4.69, 9.17) is 32.7 Å². The topological polar surface area (TPSA) is 85.9 Å². The van der Waals surface area contributed by atoms with E-state index in [-0.39, 0.29) is 23.7 Å². The van der Waals surface area contributed by atoms with Crippen LogP contribution in [0.25, 0.3) is 10.9 Å². The van der Waals surface area contributed by atoms with Crippen molar-refractivity contribution >= 4 is 40.3 Å². The van der Waals surface area contributed by atoms with Gasteiger partial charge in [0.1, 0.15) is 12.4 Å². The van der Waals surface area contributed by atoms with E-state index in [0.29, 0.717) is 38.0 Å². The molecule has 0 saturated carbocycles. The summed E-state index contributed by atoms with van der Waals surface area (Å²) in [6.07, 6.45) is 1.44. The number of para-hydroxylation sites is 1. The summed E-state index contributed by atoms with van der Waals surface area (Å²) in [6, 6.07) is 16.6. The molecule has 32 heavy (non-hydrogen) atoms. The molecule has 9 heteroatoms. The molecule has 0 amide bonds. The van der Waals surface area contributed by atoms with Crippen LogP contribution in [0.1, 0.15) is 11.4 Å². The third-order valence-corrected chi connectivity index (χ3v) is 5.13. The van der Waals surface area contributed by atoms with Crippen LogP contribution in [0.4, 0.5) is 0 Å². The van der Waals surface area contributed by atoms with E-state index in [1.54, 1.807) is 54.6 Å². The molecule has 3 aromatic carbocycles. The van der Waals surface area contributed by atoms with Crippen molar-refractivity contribution in [2.24, 2.45) is 5.10 Å². The number of hydrogen-bond acceptors (Lipinski definition) is 6. The smallest absolute Gasteiger partial charge is 0.282 e. The molecule has 7 nitrogen and oxygen atoms in total. The SMILES string of the molecule is COc1ccc(/C=N/n2c(COc3ccc(Cl)cc3Cl)nc3ccccc3c2=O)cc1O. The van der Waals surface area contributed by atoms with Crippen LogP contribution in [0.5, 0.6) is 17.2 Å². The molecule has 0 radical (unpaired) electrons. The molecule has 0 bridgehead atoms. The van der Waals surface area contributed by atoms with Crippen molar-refractivity contribution in [3.05, 3.63) is 92.5 Å². The van der Waals surface area contributed by atoms with Gasteiger partial charge in [0.15, 0.2) is 17.3 Å². The Labute approximate surface area is 193 Å². The first-order chi connectivity index (χ1) is 15.5. The minimum Gasteiger partial charge on any atom is -0.504 e. The zero-order valence-corrected chi connectivity index (χ0v) is 18.3. The van der Waals surface area contributed by atoms with E-state index in [1.807, 2.05) is 0 Å². The lowest BCUT2D eigenvalue weighted by atomic mass is 10.2. The van der Waals surface area contributed by atoms with E-state index in [9.17, 15) is 9.90 Å². The van der Waals surface area contributed by atoms with Gasteiger partial charge < -0.3 is 14.6 Å². The maximum absolute atomic E-state index is 13.1. The van der Waals surface area contributed by atoms with Crippen molar-refractivity contribution in [2.75, 3.05) is 7.11 Å². The van der Waals surface area contributed by atoms with Gasteiger partial charge in [0.05, 0.1) is 29.2 Å². The minimum absolute atomic E-state index is 0.0404. The lowest BCUT2D eigenvalue weighted by molar-refractivity contribution is 0.289. The van der Waals surface area contributed by atoms with Gasteiger partial charge in [-0.3, -0.25) is 4.79 Å². The molecule has 0 saturated heterocycles. The molecular weight excluding hydrogens is 453 g/mol. The van der Waals surface area contributed by atoms with Gasteiger partial charge in [0.2, 0.25) is 0 Å². The number of halogens is 2. The molecule has 0 unspecified atom stereocenters. The Hall–Kier alpha value is -3.55. The van der Waals surface area contributed by atoms with Gasteiger partial charge in [-0.25, -0.2) is 4.98 Å². The normalized spacial score (nSPS) is 11.2. The Kier molecular flexibility index (Phi) is 6.30. The first-order valence-corrected chi connectivity index (χ1v) is 10.2. The molecule has 1 N–H and O–H groups in total. The predicted octanol–water partition coefficient (Wildman–Crippen LogP) is 4.88. The number of ether oxygens (including phenoxy) is 2. The number of fused-ring (bicyclic) bond motifs is 1. The third kappa shape index (κ3) is 4.54. The molecular formula is C23H17Cl2N3O4. The molecule has 162 valence electrons. The standard InChI is InChI=1S/C23H17Cl2N3O4/c1-31-21-8-6-14(10-19(21)29)12-26-28-22(13-32-20-9-7-15(24)11-17(20)25)27-18-5-3-2-4-16(18)23(28)30/h2-12,29H,13H2,1H3/b26-12+. The minimum atomic E-state index is -0.356. The summed E-state index contributed by atoms with van der Waals surface area (Å²) in [6.45, 7) is -0.0629. The van der Waals surface area contributed by atoms with Crippen molar-refractivity contribution < 1.29 is 14.6 Å². The first-order valence-electron chi connectivity index (χ1n) is 9.46. The number of nitrogens with zero attached hydrogens (tertiary/aromatic N) is 3. The second-order valence-corrected chi connectivity index (χ2v) is 7.55. The van der Waals surface area contributed by atoms with Crippen molar-refractivity contribution in [3.63, 3.8) is 0 Å². The number of hydrogen-bond donors (Lipinski definition) is 1. The predicted molar refractivity (Wildman–Crippen MR) is 124 cm³/mol. The van der Waals surface area contributed by atoms with Crippen LogP contribution in [0, 0.1) is 0 Å². The molecule has 1 heterocycles. The van der Waals surface area contributed by atoms with Crippen molar-refractivity contribution in [1.82, 2.24) is 9.66 Å². The summed E-state index contributed by atoms with van der Waals surface area (Å²) in [5.74, 6) is 0.963. The second kappa shape index (κ2) is 9.30. The number of aromatic hydroxyl groups is 1. The van der Waals surface area contributed by atoms with Gasteiger partial charge in [-0.2, -0.15) is 9.78 Å². The van der Waals surface area contributed by atoms with Gasteiger partial charge >= 0.3 is 0 Å². The highest BCUT2D eigenvalue weighted by atomic mass is 35.5. The second-order valence-electron chi connectivity index (χ2n) is 6.70. The molecule has 0 aliphatic carbocycles. The van der Waals surface area contributed by atoms with Crippen LogP contribution >= 0.6 is 23.2 Å². The van der Waals surface area contributed by atoms with Crippen LogP contribution in [-0.4, -0.2) is 28.1 Å². The highest BCUT2D eigenvalue weighted by Crippen LogP contribution is 2.28. The molecule has 4 rings (SSSR count). The summed E-state index contributed by atoms with van der Waals surface area (Å²) in [4.78, 5) is 17.6. The monoisotopic (exact) mass is 469 g/mol. The van der Waals surface area contributed by atoms with Crippen LogP contribution in [0.2, 0.25) is 10.0 Å². The summed E-state index contributed by atoms with van der Waals surface area (Å²) in [7, 11) is 1.46. The van der Waals surface area contributed by atoms with E-state index in [2.05, 4.69) is 10.1 Å². The lowest BCUT2D eigenvalue weighted by Crippen LogP contribution is -2.23. The van der Waals surface area contributed by atoms with Crippen LogP contribution in [-0.2, 0) is 6.61 Å². The number of phenolic OH excluding ortho intramolecular Hbond substituents is 1. The number of benzene rings is 3. The van der Waals surface area contributed by atoms with Gasteiger partial charge in [-0.1, -0.05) is 35.3 Å². The number of phenols is 1. The highest BCUT2D eigenvalue weighted by molar-refractivity contribution is 6.35. The van der Waals surface area contributed by atoms with Crippen LogP contribution < -0.4 is 15.0 Å². The molecule has 0 fully saturated rings. The van der Waals surface area contributed by atoms with E-state index in [0.717, 1.165) is 4.68 Å². The van der Waals surface area contributed by atoms with Crippen molar-refractivity contribution in [1.29, 1.82) is 0 Å². The fourth-order valence-corrected chi connectivity index (χ4v) is 3.49. The number of aromatic nitrogens is 2. The maximum atomic E-state index is 13.1. The van der Waals surface area contributed by atoms with Crippen LogP contribution in [0.3, 0.4) is 0 Å². The fourth-order valence-electron chi connectivity index (χ4n) is 3.03. The summed E-state index contributed by atoms with van der Waals surface area (Å²) in [5.41, 5.74) is 0.730. The highest BCUT2D eigenvalue weighted by Gasteiger charge is 2.12. The molecule has 0 aliphatic heterocycles. The maximum Gasteiger partial charge on any atom is 0.282 e. The Morgan fingerprint density at radius 3 is 2.62 bits per heavy atom. The van der Waals surface area contributed by atoms with Gasteiger partial charge in [-0.05, 0) is 54.1 Å². The van der Waals surface area contributed by atoms with Gasteiger partial charge in [0.25, 0.3) is 5.56 Å². The Balaban J connectivity index is 1.73. The number of rotatable bonds is 6. The Morgan fingerprint density at radius 2 is 1.88 bits per heavy atom. The van der Waals surface area contributed by atoms with Gasteiger partial charge in [0, 0.05) is 5.02 Å². The first kappa shape index (κ1) is 21.7. The lowest BCUT2D eigenvalue weighted by Gasteiger charge is -2.12. The summed E-state index contributed by atoms with van der Waals surface area (Å²) >= 11 is 12.1. The van der Waals surface area contributed by atoms with E-state index >= 15 is 0 Å². The molecule has 0 aliphatic rings. The third-order valence-electron chi connectivity index (χ3n) is 4.60. The average molecular weight is 470 g/mol. The zero-order valence-electron chi connectivity index (χ0n) is 16.8. The largest absolute Gasteiger partial charge is 0.504 e. The van der Waals surface area contributed by atoms with E-state index < -0.39 is 0 Å². The summed E-state index contributed by atoms with van der Waals surface area (Å²) in [5, 5.41) is 15.5. The van der Waals surface area contributed by atoms with Crippen molar-refractivity contribution in [2.45, 2.75) is 6.61 Å². The number of methoxy groups -OCH3 is 1. The van der Waals surface area contributed by atoms with E-state index in [1.165, 1.54) is 19.4 Å². The quantitative estimate of drug-likeness (QED) is 0.406. The average Bonchev–Trinajstić information content (AvgIpc) is 2.78. The fraction of sp³-hybridized carbons (Fsp3) is 0.0870. The molecule has 0 atom stereocenters. The van der Waals surface area contributed by atoms with Crippen molar-refractivity contribution in [3.8, 4) is 17.2 Å². The molecule has 1 aromatic heterocycles. The van der Waals surface area contributed by atoms with Gasteiger partial charge in [-0.15, -0.1) is 0 Å². The Bertz CT molecular complexity index is 1390.